The number of fused-ring (bicyclic) bond motifs is 1. The van der Waals surface area contributed by atoms with Gasteiger partial charge in [0.1, 0.15) is 5.75 Å². The summed E-state index contributed by atoms with van der Waals surface area (Å²) in [6, 6.07) is 7.10. The normalized spacial score (nSPS) is 10.6. The number of carbonyl (C=O) groups is 1. The van der Waals surface area contributed by atoms with E-state index in [0.717, 1.165) is 5.56 Å². The number of rotatable bonds is 3. The van der Waals surface area contributed by atoms with Crippen molar-refractivity contribution >= 4 is 22.5 Å². The molecule has 1 aromatic carbocycles. The molecule has 0 saturated carbocycles. The Balaban J connectivity index is 2.03. The number of aromatic nitrogens is 2. The van der Waals surface area contributed by atoms with E-state index in [2.05, 4.69) is 15.3 Å². The number of amides is 1. The number of benzene rings is 1. The predicted octanol–water partition coefficient (Wildman–Crippen LogP) is 2.43. The molecular formula is C16H15N3O3. The average Bonchev–Trinajstić information content (AvgIpc) is 2.98. The number of aromatic amines is 2. The quantitative estimate of drug-likeness (QED) is 0.694. The van der Waals surface area contributed by atoms with Crippen molar-refractivity contribution in [3.05, 3.63) is 58.1 Å². The second-order valence-corrected chi connectivity index (χ2v) is 4.91. The van der Waals surface area contributed by atoms with Crippen LogP contribution >= 0.6 is 0 Å². The molecule has 0 spiro atoms. The lowest BCUT2D eigenvalue weighted by atomic mass is 10.1. The minimum atomic E-state index is -0.369. The predicted molar refractivity (Wildman–Crippen MR) is 84.6 cm³/mol. The molecule has 0 radical (unpaired) electrons. The van der Waals surface area contributed by atoms with Crippen molar-refractivity contribution in [2.24, 2.45) is 0 Å². The van der Waals surface area contributed by atoms with E-state index < -0.39 is 0 Å². The summed E-state index contributed by atoms with van der Waals surface area (Å²) in [5.41, 5.74) is 2.08. The van der Waals surface area contributed by atoms with E-state index in [-0.39, 0.29) is 11.5 Å². The first-order valence-electron chi connectivity index (χ1n) is 6.75. The Hall–Kier alpha value is -3.02. The minimum Gasteiger partial charge on any atom is -0.495 e. The summed E-state index contributed by atoms with van der Waals surface area (Å²) in [5, 5.41) is 3.12. The van der Waals surface area contributed by atoms with Crippen LogP contribution in [0.4, 0.5) is 5.69 Å². The molecule has 0 aliphatic rings. The van der Waals surface area contributed by atoms with E-state index in [9.17, 15) is 9.59 Å². The zero-order valence-electron chi connectivity index (χ0n) is 12.2. The fourth-order valence-corrected chi connectivity index (χ4v) is 2.40. The van der Waals surface area contributed by atoms with Gasteiger partial charge < -0.3 is 20.0 Å². The van der Waals surface area contributed by atoms with Gasteiger partial charge in [0, 0.05) is 12.4 Å². The first-order chi connectivity index (χ1) is 10.6. The number of carbonyl (C=O) groups excluding carboxylic acids is 1. The number of H-pyrrole nitrogens is 2. The second kappa shape index (κ2) is 5.40. The van der Waals surface area contributed by atoms with Crippen molar-refractivity contribution in [1.29, 1.82) is 0 Å². The Bertz CT molecular complexity index is 908. The van der Waals surface area contributed by atoms with Gasteiger partial charge in [-0.05, 0) is 24.6 Å². The molecule has 0 aliphatic heterocycles. The molecule has 22 heavy (non-hydrogen) atoms. The molecule has 0 fully saturated rings. The van der Waals surface area contributed by atoms with Crippen molar-refractivity contribution in [2.45, 2.75) is 6.92 Å². The topological polar surface area (TPSA) is 87.0 Å². The summed E-state index contributed by atoms with van der Waals surface area (Å²) in [5.74, 6) is 0.188. The van der Waals surface area contributed by atoms with Crippen LogP contribution in [0.5, 0.6) is 5.75 Å². The van der Waals surface area contributed by atoms with E-state index >= 15 is 0 Å². The van der Waals surface area contributed by atoms with Gasteiger partial charge in [0.15, 0.2) is 0 Å². The highest BCUT2D eigenvalue weighted by Gasteiger charge is 2.17. The van der Waals surface area contributed by atoms with Crippen LogP contribution in [0.3, 0.4) is 0 Å². The van der Waals surface area contributed by atoms with Crippen molar-refractivity contribution in [1.82, 2.24) is 9.97 Å². The third-order valence-electron chi connectivity index (χ3n) is 3.52. The number of pyridine rings is 1. The Morgan fingerprint density at radius 3 is 2.73 bits per heavy atom. The molecule has 3 N–H and O–H groups in total. The Morgan fingerprint density at radius 2 is 1.95 bits per heavy atom. The lowest BCUT2D eigenvalue weighted by Crippen LogP contribution is -2.15. The summed E-state index contributed by atoms with van der Waals surface area (Å²) in [7, 11) is 1.53. The van der Waals surface area contributed by atoms with Gasteiger partial charge in [0.25, 0.3) is 11.5 Å². The molecule has 0 aliphatic carbocycles. The van der Waals surface area contributed by atoms with Gasteiger partial charge in [-0.1, -0.05) is 12.1 Å². The molecular weight excluding hydrogens is 282 g/mol. The lowest BCUT2D eigenvalue weighted by Gasteiger charge is -2.09. The van der Waals surface area contributed by atoms with Gasteiger partial charge in [-0.3, -0.25) is 9.59 Å². The van der Waals surface area contributed by atoms with Crippen LogP contribution in [-0.2, 0) is 0 Å². The molecule has 2 aromatic heterocycles. The zero-order chi connectivity index (χ0) is 15.7. The van der Waals surface area contributed by atoms with Crippen molar-refractivity contribution in [3.63, 3.8) is 0 Å². The SMILES string of the molecule is COc1ccccc1NC(=O)c1c[nH]c2c(C)c[nH]c(=O)c12. The maximum Gasteiger partial charge on any atom is 0.258 e. The fraction of sp³-hybridized carbons (Fsp3) is 0.125. The first kappa shape index (κ1) is 13.9. The molecule has 2 heterocycles. The summed E-state index contributed by atoms with van der Waals surface area (Å²) < 4.78 is 5.20. The third-order valence-corrected chi connectivity index (χ3v) is 3.52. The number of hydrogen-bond acceptors (Lipinski definition) is 3. The Labute approximate surface area is 126 Å². The molecule has 0 saturated heterocycles. The van der Waals surface area contributed by atoms with E-state index in [1.165, 1.54) is 13.3 Å². The monoisotopic (exact) mass is 297 g/mol. The van der Waals surface area contributed by atoms with E-state index in [4.69, 9.17) is 4.74 Å². The van der Waals surface area contributed by atoms with E-state index in [0.29, 0.717) is 27.9 Å². The maximum absolute atomic E-state index is 12.5. The van der Waals surface area contributed by atoms with Gasteiger partial charge >= 0.3 is 0 Å². The van der Waals surface area contributed by atoms with Crippen LogP contribution < -0.4 is 15.6 Å². The fourth-order valence-electron chi connectivity index (χ4n) is 2.40. The average molecular weight is 297 g/mol. The Morgan fingerprint density at radius 1 is 1.18 bits per heavy atom. The standard InChI is InChI=1S/C16H15N3O3/c1-9-7-18-16(21)13-10(8-17-14(9)13)15(20)19-11-5-3-4-6-12(11)22-2/h3-8,17H,1-2H3,(H,18,21)(H,19,20). The number of aryl methyl sites for hydroxylation is 1. The highest BCUT2D eigenvalue weighted by atomic mass is 16.5. The lowest BCUT2D eigenvalue weighted by molar-refractivity contribution is 0.102. The van der Waals surface area contributed by atoms with Crippen molar-refractivity contribution in [2.75, 3.05) is 12.4 Å². The smallest absolute Gasteiger partial charge is 0.258 e. The van der Waals surface area contributed by atoms with Crippen LogP contribution in [-0.4, -0.2) is 23.0 Å². The van der Waals surface area contributed by atoms with Gasteiger partial charge in [0.2, 0.25) is 0 Å². The zero-order valence-corrected chi connectivity index (χ0v) is 12.2. The van der Waals surface area contributed by atoms with E-state index in [1.54, 1.807) is 24.4 Å². The third kappa shape index (κ3) is 2.24. The number of methoxy groups -OCH3 is 1. The van der Waals surface area contributed by atoms with Gasteiger partial charge in [-0.2, -0.15) is 0 Å². The van der Waals surface area contributed by atoms with Crippen molar-refractivity contribution < 1.29 is 9.53 Å². The number of para-hydroxylation sites is 2. The molecule has 0 bridgehead atoms. The summed E-state index contributed by atoms with van der Waals surface area (Å²) >= 11 is 0. The van der Waals surface area contributed by atoms with Crippen LogP contribution in [0.2, 0.25) is 0 Å². The molecule has 0 atom stereocenters. The van der Waals surface area contributed by atoms with Gasteiger partial charge in [0.05, 0.1) is 29.3 Å². The Kier molecular flexibility index (Phi) is 3.42. The van der Waals surface area contributed by atoms with Gasteiger partial charge in [-0.15, -0.1) is 0 Å². The molecule has 6 heteroatoms. The summed E-state index contributed by atoms with van der Waals surface area (Å²) in [6.45, 7) is 1.86. The summed E-state index contributed by atoms with van der Waals surface area (Å²) in [6.07, 6.45) is 3.15. The minimum absolute atomic E-state index is 0.297. The molecule has 1 amide bonds. The molecule has 112 valence electrons. The number of hydrogen-bond donors (Lipinski definition) is 3. The van der Waals surface area contributed by atoms with Gasteiger partial charge in [-0.25, -0.2) is 0 Å². The molecule has 0 unspecified atom stereocenters. The molecule has 3 aromatic rings. The number of nitrogens with one attached hydrogen (secondary N) is 3. The summed E-state index contributed by atoms with van der Waals surface area (Å²) in [4.78, 5) is 30.1. The van der Waals surface area contributed by atoms with Crippen LogP contribution in [0, 0.1) is 6.92 Å². The van der Waals surface area contributed by atoms with Crippen molar-refractivity contribution in [3.8, 4) is 5.75 Å². The largest absolute Gasteiger partial charge is 0.495 e. The first-order valence-corrected chi connectivity index (χ1v) is 6.75. The van der Waals surface area contributed by atoms with E-state index in [1.807, 2.05) is 13.0 Å². The van der Waals surface area contributed by atoms with Crippen LogP contribution in [0.15, 0.2) is 41.5 Å². The number of ether oxygens (including phenoxy) is 1. The second-order valence-electron chi connectivity index (χ2n) is 4.91. The number of anilines is 1. The molecule has 6 nitrogen and oxygen atoms in total. The highest BCUT2D eigenvalue weighted by molar-refractivity contribution is 6.13. The highest BCUT2D eigenvalue weighted by Crippen LogP contribution is 2.25. The van der Waals surface area contributed by atoms with Crippen LogP contribution in [0.25, 0.3) is 10.9 Å². The van der Waals surface area contributed by atoms with Crippen LogP contribution in [0.1, 0.15) is 15.9 Å². The maximum atomic E-state index is 12.5. The molecule has 3 rings (SSSR count).